The number of phenols is 1. The maximum atomic E-state index is 13.4. The Bertz CT molecular complexity index is 996. The summed E-state index contributed by atoms with van der Waals surface area (Å²) in [5.74, 6) is -2.97. The molecule has 11 heteroatoms. The SMILES string of the molecule is COc1cc([C@@H]2ON(C)[C@H](P(=O)(O)O)[C@H]2C(=O)c2ccccc2O)cc(OC)c1OC. The van der Waals surface area contributed by atoms with Crippen molar-refractivity contribution in [2.75, 3.05) is 28.4 Å². The molecule has 0 spiro atoms. The van der Waals surface area contributed by atoms with Gasteiger partial charge in [0.05, 0.1) is 32.8 Å². The molecule has 0 radical (unpaired) electrons. The maximum Gasteiger partial charge on any atom is 0.345 e. The average Bonchev–Trinajstić information content (AvgIpc) is 3.10. The van der Waals surface area contributed by atoms with Crippen molar-refractivity contribution in [1.82, 2.24) is 5.06 Å². The van der Waals surface area contributed by atoms with E-state index in [1.54, 1.807) is 24.3 Å². The Labute approximate surface area is 179 Å². The Morgan fingerprint density at radius 3 is 2.13 bits per heavy atom. The molecule has 2 aromatic rings. The van der Waals surface area contributed by atoms with E-state index in [4.69, 9.17) is 19.0 Å². The zero-order valence-corrected chi connectivity index (χ0v) is 18.3. The van der Waals surface area contributed by atoms with E-state index in [0.717, 1.165) is 5.06 Å². The van der Waals surface area contributed by atoms with Crippen LogP contribution in [0.15, 0.2) is 36.4 Å². The van der Waals surface area contributed by atoms with Gasteiger partial charge in [0.1, 0.15) is 17.6 Å². The summed E-state index contributed by atoms with van der Waals surface area (Å²) >= 11 is 0. The van der Waals surface area contributed by atoms with Crippen molar-refractivity contribution >= 4 is 13.4 Å². The first-order chi connectivity index (χ1) is 14.6. The summed E-state index contributed by atoms with van der Waals surface area (Å²) in [5.41, 5.74) is 0.313. The number of carbonyl (C=O) groups excluding carboxylic acids is 1. The number of hydroxylamine groups is 2. The van der Waals surface area contributed by atoms with E-state index < -0.39 is 31.2 Å². The molecule has 1 aliphatic rings. The van der Waals surface area contributed by atoms with Gasteiger partial charge in [0.15, 0.2) is 17.3 Å². The first kappa shape index (κ1) is 23.1. The number of phenolic OH excluding ortho intramolecular Hbond substituents is 1. The quantitative estimate of drug-likeness (QED) is 0.423. The van der Waals surface area contributed by atoms with Crippen molar-refractivity contribution in [3.63, 3.8) is 0 Å². The zero-order chi connectivity index (χ0) is 22.9. The van der Waals surface area contributed by atoms with E-state index in [1.165, 1.54) is 40.5 Å². The molecule has 31 heavy (non-hydrogen) atoms. The molecule has 1 heterocycles. The number of Topliss-reactive ketones (excluding diaryl/α,β-unsaturated/α-hetero) is 1. The van der Waals surface area contributed by atoms with E-state index in [9.17, 15) is 24.3 Å². The first-order valence-corrected chi connectivity index (χ1v) is 10.9. The minimum absolute atomic E-state index is 0.0673. The summed E-state index contributed by atoms with van der Waals surface area (Å²) in [7, 11) is 0.809. The highest BCUT2D eigenvalue weighted by Gasteiger charge is 2.55. The molecule has 10 nitrogen and oxygen atoms in total. The first-order valence-electron chi connectivity index (χ1n) is 9.21. The van der Waals surface area contributed by atoms with Gasteiger partial charge in [-0.25, -0.2) is 0 Å². The third-order valence-corrected chi connectivity index (χ3v) is 6.47. The molecule has 1 aliphatic heterocycles. The van der Waals surface area contributed by atoms with E-state index in [-0.39, 0.29) is 22.8 Å². The Kier molecular flexibility index (Phi) is 6.59. The molecule has 0 bridgehead atoms. The molecule has 0 saturated carbocycles. The van der Waals surface area contributed by atoms with Crippen LogP contribution in [0.3, 0.4) is 0 Å². The van der Waals surface area contributed by atoms with Gasteiger partial charge < -0.3 is 29.1 Å². The fourth-order valence-electron chi connectivity index (χ4n) is 3.78. The lowest BCUT2D eigenvalue weighted by Gasteiger charge is -2.24. The number of aromatic hydroxyl groups is 1. The standard InChI is InChI=1S/C20H24NO9P/c1-21-20(31(24,25)26)16(17(23)12-7-5-6-8-13(12)22)18(30-21)11-9-14(27-2)19(29-4)15(10-11)28-3/h5-10,16,18,20,22H,1-4H3,(H2,24,25,26)/t16-,18-,20+/m0/s1. The van der Waals surface area contributed by atoms with Crippen molar-refractivity contribution in [1.29, 1.82) is 0 Å². The summed E-state index contributed by atoms with van der Waals surface area (Å²) in [6.45, 7) is 0. The van der Waals surface area contributed by atoms with Crippen LogP contribution >= 0.6 is 7.60 Å². The van der Waals surface area contributed by atoms with Crippen LogP contribution in [-0.4, -0.2) is 59.9 Å². The van der Waals surface area contributed by atoms with Gasteiger partial charge in [0.25, 0.3) is 0 Å². The monoisotopic (exact) mass is 453 g/mol. The van der Waals surface area contributed by atoms with E-state index in [1.807, 2.05) is 0 Å². The van der Waals surface area contributed by atoms with E-state index >= 15 is 0 Å². The topological polar surface area (TPSA) is 135 Å². The fourth-order valence-corrected chi connectivity index (χ4v) is 4.97. The second kappa shape index (κ2) is 8.86. The van der Waals surface area contributed by atoms with Crippen LogP contribution in [0.2, 0.25) is 0 Å². The van der Waals surface area contributed by atoms with Crippen LogP contribution in [0.5, 0.6) is 23.0 Å². The zero-order valence-electron chi connectivity index (χ0n) is 17.4. The Morgan fingerprint density at radius 1 is 1.06 bits per heavy atom. The number of benzene rings is 2. The molecule has 3 atom stereocenters. The van der Waals surface area contributed by atoms with Crippen molar-refractivity contribution in [3.05, 3.63) is 47.5 Å². The van der Waals surface area contributed by atoms with Crippen molar-refractivity contribution in [3.8, 4) is 23.0 Å². The lowest BCUT2D eigenvalue weighted by Crippen LogP contribution is -2.33. The number of ether oxygens (including phenoxy) is 3. The molecule has 3 rings (SSSR count). The molecule has 0 aromatic heterocycles. The van der Waals surface area contributed by atoms with Gasteiger partial charge in [-0.05, 0) is 29.8 Å². The fraction of sp³-hybridized carbons (Fsp3) is 0.350. The van der Waals surface area contributed by atoms with Crippen LogP contribution in [-0.2, 0) is 9.40 Å². The number of hydrogen-bond donors (Lipinski definition) is 3. The summed E-state index contributed by atoms with van der Waals surface area (Å²) in [6.07, 6.45) is -1.09. The number of para-hydroxylation sites is 1. The van der Waals surface area contributed by atoms with Gasteiger partial charge in [0.2, 0.25) is 5.75 Å². The molecule has 0 amide bonds. The van der Waals surface area contributed by atoms with Gasteiger partial charge in [-0.3, -0.25) is 14.2 Å². The summed E-state index contributed by atoms with van der Waals surface area (Å²) in [4.78, 5) is 39.1. The van der Waals surface area contributed by atoms with Crippen LogP contribution in [0.25, 0.3) is 0 Å². The summed E-state index contributed by atoms with van der Waals surface area (Å²) in [5, 5.41) is 11.1. The molecule has 168 valence electrons. The smallest absolute Gasteiger partial charge is 0.345 e. The Balaban J connectivity index is 2.18. The molecule has 0 unspecified atom stereocenters. The Morgan fingerprint density at radius 2 is 1.65 bits per heavy atom. The Hall–Kier alpha value is -2.62. The number of carbonyl (C=O) groups is 1. The highest BCUT2D eigenvalue weighted by molar-refractivity contribution is 7.52. The number of hydrogen-bond acceptors (Lipinski definition) is 8. The number of methoxy groups -OCH3 is 3. The second-order valence-electron chi connectivity index (χ2n) is 6.94. The van der Waals surface area contributed by atoms with Crippen molar-refractivity contribution < 1.29 is 43.3 Å². The molecular formula is C20H24NO9P. The predicted octanol–water partition coefficient (Wildman–Crippen LogP) is 2.34. The second-order valence-corrected chi connectivity index (χ2v) is 8.65. The van der Waals surface area contributed by atoms with Gasteiger partial charge in [-0.2, -0.15) is 5.06 Å². The highest BCUT2D eigenvalue weighted by Crippen LogP contribution is 2.56. The number of ketones is 1. The molecule has 1 fully saturated rings. The summed E-state index contributed by atoms with van der Waals surface area (Å²) < 4.78 is 28.3. The van der Waals surface area contributed by atoms with Gasteiger partial charge in [-0.1, -0.05) is 12.1 Å². The van der Waals surface area contributed by atoms with Crippen LogP contribution in [0, 0.1) is 5.92 Å². The number of rotatable bonds is 7. The summed E-state index contributed by atoms with van der Waals surface area (Å²) in [6, 6.07) is 8.90. The van der Waals surface area contributed by atoms with Crippen LogP contribution in [0.4, 0.5) is 0 Å². The van der Waals surface area contributed by atoms with E-state index in [0.29, 0.717) is 11.3 Å². The normalized spacial score (nSPS) is 21.7. The third-order valence-electron chi connectivity index (χ3n) is 5.13. The van der Waals surface area contributed by atoms with Crippen molar-refractivity contribution in [2.45, 2.75) is 11.9 Å². The highest BCUT2D eigenvalue weighted by atomic mass is 31.2. The average molecular weight is 453 g/mol. The van der Waals surface area contributed by atoms with Crippen LogP contribution in [0.1, 0.15) is 22.0 Å². The van der Waals surface area contributed by atoms with Gasteiger partial charge in [0, 0.05) is 7.05 Å². The van der Waals surface area contributed by atoms with Gasteiger partial charge in [-0.15, -0.1) is 0 Å². The third kappa shape index (κ3) is 4.26. The lowest BCUT2D eigenvalue weighted by molar-refractivity contribution is -0.137. The minimum Gasteiger partial charge on any atom is -0.507 e. The molecule has 2 aromatic carbocycles. The minimum atomic E-state index is -4.81. The molecular weight excluding hydrogens is 429 g/mol. The largest absolute Gasteiger partial charge is 0.507 e. The molecule has 0 aliphatic carbocycles. The predicted molar refractivity (Wildman–Crippen MR) is 109 cm³/mol. The maximum absolute atomic E-state index is 13.4. The van der Waals surface area contributed by atoms with Crippen molar-refractivity contribution in [2.24, 2.45) is 5.92 Å². The number of nitrogens with zero attached hydrogens (tertiary/aromatic N) is 1. The van der Waals surface area contributed by atoms with Crippen LogP contribution < -0.4 is 14.2 Å². The van der Waals surface area contributed by atoms with Gasteiger partial charge >= 0.3 is 7.60 Å². The lowest BCUT2D eigenvalue weighted by atomic mass is 9.88. The van der Waals surface area contributed by atoms with E-state index in [2.05, 4.69) is 0 Å². The molecule has 3 N–H and O–H groups in total. The molecule has 1 saturated heterocycles.